The molecule has 1 aromatic heterocycles. The second kappa shape index (κ2) is 8.20. The molecular formula is C22H31BN4O4. The fourth-order valence-electron chi connectivity index (χ4n) is 3.93. The lowest BCUT2D eigenvalue weighted by atomic mass is 9.82. The van der Waals surface area contributed by atoms with E-state index in [0.717, 1.165) is 18.3 Å². The van der Waals surface area contributed by atoms with Gasteiger partial charge in [-0.05, 0) is 52.7 Å². The summed E-state index contributed by atoms with van der Waals surface area (Å²) in [6, 6.07) is 7.55. The highest BCUT2D eigenvalue weighted by atomic mass is 16.7. The molecule has 0 saturated carbocycles. The number of piperidine rings is 1. The minimum atomic E-state index is -0.412. The first-order chi connectivity index (χ1) is 14.7. The van der Waals surface area contributed by atoms with Crippen LogP contribution in [0.5, 0.6) is 5.75 Å². The number of urea groups is 1. The summed E-state index contributed by atoms with van der Waals surface area (Å²) < 4.78 is 19.6. The molecule has 8 nitrogen and oxygen atoms in total. The number of anilines is 1. The van der Waals surface area contributed by atoms with Crippen molar-refractivity contribution in [3.05, 3.63) is 36.7 Å². The van der Waals surface area contributed by atoms with Crippen LogP contribution in [0.1, 0.15) is 46.6 Å². The molecule has 1 N–H and O–H groups in total. The van der Waals surface area contributed by atoms with Crippen molar-refractivity contribution < 1.29 is 18.8 Å². The number of carbonyl (C=O) groups is 1. The molecule has 166 valence electrons. The lowest BCUT2D eigenvalue weighted by Gasteiger charge is -2.32. The van der Waals surface area contributed by atoms with E-state index in [0.29, 0.717) is 24.5 Å². The van der Waals surface area contributed by atoms with Gasteiger partial charge in [0.25, 0.3) is 0 Å². The van der Waals surface area contributed by atoms with E-state index in [2.05, 4.69) is 10.4 Å². The van der Waals surface area contributed by atoms with Gasteiger partial charge in [0.1, 0.15) is 5.75 Å². The number of carbonyl (C=O) groups excluding carboxylic acids is 1. The number of nitrogens with one attached hydrogen (secondary N) is 1. The summed E-state index contributed by atoms with van der Waals surface area (Å²) in [7, 11) is 1.18. The van der Waals surface area contributed by atoms with Crippen LogP contribution in [0.25, 0.3) is 0 Å². The van der Waals surface area contributed by atoms with Gasteiger partial charge in [0.2, 0.25) is 0 Å². The summed E-state index contributed by atoms with van der Waals surface area (Å²) >= 11 is 0. The molecule has 0 aliphatic carbocycles. The lowest BCUT2D eigenvalue weighted by molar-refractivity contribution is 0.00578. The third-order valence-electron chi connectivity index (χ3n) is 6.62. The van der Waals surface area contributed by atoms with Crippen molar-refractivity contribution in [1.29, 1.82) is 0 Å². The number of methoxy groups -OCH3 is 1. The van der Waals surface area contributed by atoms with Crippen LogP contribution in [-0.4, -0.2) is 59.2 Å². The second-order valence-corrected chi connectivity index (χ2v) is 9.19. The maximum Gasteiger partial charge on any atom is 0.498 e. The van der Waals surface area contributed by atoms with E-state index in [-0.39, 0.29) is 23.3 Å². The summed E-state index contributed by atoms with van der Waals surface area (Å²) in [6.45, 7) is 9.51. The summed E-state index contributed by atoms with van der Waals surface area (Å²) in [5, 5.41) is 7.51. The van der Waals surface area contributed by atoms with Crippen molar-refractivity contribution in [1.82, 2.24) is 14.7 Å². The van der Waals surface area contributed by atoms with E-state index in [1.54, 1.807) is 7.11 Å². The van der Waals surface area contributed by atoms with E-state index in [4.69, 9.17) is 14.0 Å². The molecular weight excluding hydrogens is 395 g/mol. The van der Waals surface area contributed by atoms with Crippen molar-refractivity contribution in [2.75, 3.05) is 25.5 Å². The molecule has 31 heavy (non-hydrogen) atoms. The minimum Gasteiger partial charge on any atom is -0.495 e. The highest BCUT2D eigenvalue weighted by Crippen LogP contribution is 2.36. The molecule has 2 amide bonds. The first-order valence-corrected chi connectivity index (χ1v) is 10.8. The topological polar surface area (TPSA) is 77.9 Å². The average Bonchev–Trinajstić information content (AvgIpc) is 3.31. The fraction of sp³-hybridized carbons (Fsp3) is 0.545. The van der Waals surface area contributed by atoms with E-state index in [1.165, 1.54) is 0 Å². The summed E-state index contributed by atoms with van der Waals surface area (Å²) in [6.07, 6.45) is 5.51. The molecule has 0 radical (unpaired) electrons. The van der Waals surface area contributed by atoms with Gasteiger partial charge in [-0.3, -0.25) is 4.68 Å². The largest absolute Gasteiger partial charge is 0.498 e. The van der Waals surface area contributed by atoms with Gasteiger partial charge in [0.15, 0.2) is 0 Å². The number of ether oxygens (including phenoxy) is 1. The number of para-hydroxylation sites is 2. The quantitative estimate of drug-likeness (QED) is 0.761. The van der Waals surface area contributed by atoms with Gasteiger partial charge in [-0.25, -0.2) is 4.79 Å². The first kappa shape index (κ1) is 21.7. The van der Waals surface area contributed by atoms with Gasteiger partial charge in [0.05, 0.1) is 30.0 Å². The normalized spacial score (nSPS) is 20.7. The van der Waals surface area contributed by atoms with Crippen LogP contribution in [0.15, 0.2) is 36.7 Å². The smallest absolute Gasteiger partial charge is 0.495 e. The van der Waals surface area contributed by atoms with Crippen molar-refractivity contribution in [3.63, 3.8) is 0 Å². The van der Waals surface area contributed by atoms with Gasteiger partial charge >= 0.3 is 13.1 Å². The monoisotopic (exact) mass is 426 g/mol. The van der Waals surface area contributed by atoms with Gasteiger partial charge in [-0.1, -0.05) is 12.1 Å². The van der Waals surface area contributed by atoms with Crippen LogP contribution in [0.4, 0.5) is 10.5 Å². The van der Waals surface area contributed by atoms with E-state index in [1.807, 2.05) is 73.9 Å². The summed E-state index contributed by atoms with van der Waals surface area (Å²) in [5.41, 5.74) is 0.853. The molecule has 2 saturated heterocycles. The average molecular weight is 426 g/mol. The van der Waals surface area contributed by atoms with E-state index >= 15 is 0 Å². The number of benzene rings is 1. The highest BCUT2D eigenvalue weighted by molar-refractivity contribution is 6.62. The summed E-state index contributed by atoms with van der Waals surface area (Å²) in [4.78, 5) is 14.5. The molecule has 9 heteroatoms. The Balaban J connectivity index is 1.34. The van der Waals surface area contributed by atoms with Crippen molar-refractivity contribution >= 4 is 24.3 Å². The third kappa shape index (κ3) is 4.29. The van der Waals surface area contributed by atoms with Crippen LogP contribution < -0.4 is 15.5 Å². The molecule has 4 rings (SSSR count). The lowest BCUT2D eigenvalue weighted by Crippen LogP contribution is -2.41. The molecule has 2 aliphatic rings. The zero-order valence-corrected chi connectivity index (χ0v) is 18.9. The van der Waals surface area contributed by atoms with Gasteiger partial charge in [0, 0.05) is 30.9 Å². The van der Waals surface area contributed by atoms with Gasteiger partial charge < -0.3 is 24.3 Å². The molecule has 2 aliphatic heterocycles. The Labute approximate surface area is 184 Å². The van der Waals surface area contributed by atoms with Gasteiger partial charge in [-0.15, -0.1) is 0 Å². The number of aromatic nitrogens is 2. The molecule has 0 atom stereocenters. The molecule has 2 fully saturated rings. The molecule has 1 aromatic carbocycles. The van der Waals surface area contributed by atoms with Crippen LogP contribution in [0.3, 0.4) is 0 Å². The maximum absolute atomic E-state index is 12.7. The Morgan fingerprint density at radius 3 is 2.45 bits per heavy atom. The van der Waals surface area contributed by atoms with Crippen LogP contribution in [0.2, 0.25) is 0 Å². The number of hydrogen-bond donors (Lipinski definition) is 1. The van der Waals surface area contributed by atoms with Gasteiger partial charge in [-0.2, -0.15) is 5.10 Å². The number of hydrogen-bond acceptors (Lipinski definition) is 5. The Kier molecular flexibility index (Phi) is 5.74. The third-order valence-corrected chi connectivity index (χ3v) is 6.62. The second-order valence-electron chi connectivity index (χ2n) is 9.19. The predicted octanol–water partition coefficient (Wildman–Crippen LogP) is 3.06. The molecule has 3 heterocycles. The van der Waals surface area contributed by atoms with Crippen molar-refractivity contribution in [2.24, 2.45) is 0 Å². The number of rotatable bonds is 4. The zero-order chi connectivity index (χ0) is 22.2. The minimum absolute atomic E-state index is 0.110. The van der Waals surface area contributed by atoms with Crippen molar-refractivity contribution in [2.45, 2.75) is 57.8 Å². The Morgan fingerprint density at radius 2 is 1.81 bits per heavy atom. The van der Waals surface area contributed by atoms with E-state index in [9.17, 15) is 4.79 Å². The molecule has 0 unspecified atom stereocenters. The summed E-state index contributed by atoms with van der Waals surface area (Å²) in [5.74, 6) is 0.650. The molecule has 2 aromatic rings. The first-order valence-electron chi connectivity index (χ1n) is 10.8. The van der Waals surface area contributed by atoms with E-state index < -0.39 is 7.12 Å². The Bertz CT molecular complexity index is 921. The zero-order valence-electron chi connectivity index (χ0n) is 18.9. The van der Waals surface area contributed by atoms with Crippen LogP contribution in [-0.2, 0) is 9.31 Å². The molecule has 0 spiro atoms. The number of nitrogens with zero attached hydrogens (tertiary/aromatic N) is 3. The maximum atomic E-state index is 12.7. The van der Waals surface area contributed by atoms with Crippen LogP contribution in [0, 0.1) is 0 Å². The predicted molar refractivity (Wildman–Crippen MR) is 120 cm³/mol. The highest BCUT2D eigenvalue weighted by Gasteiger charge is 2.52. The number of amides is 2. The Hall–Kier alpha value is -2.52. The SMILES string of the molecule is COc1ccccc1NC(=O)N1CCC(n2cc(B3OC(C)(C)C(C)(C)O3)cn2)CC1. The van der Waals surface area contributed by atoms with Crippen LogP contribution >= 0.6 is 0 Å². The standard InChI is InChI=1S/C22H31BN4O4/c1-21(2)22(3,4)31-23(30-21)16-14-24-27(15-16)17-10-12-26(13-11-17)20(28)25-18-8-6-7-9-19(18)29-5/h6-9,14-15,17H,10-13H2,1-5H3,(H,25,28). The number of likely N-dealkylation sites (tertiary alicyclic amines) is 1. The van der Waals surface area contributed by atoms with Crippen molar-refractivity contribution in [3.8, 4) is 5.75 Å². The Morgan fingerprint density at radius 1 is 1.16 bits per heavy atom. The fourth-order valence-corrected chi connectivity index (χ4v) is 3.93. The molecule has 0 bridgehead atoms.